The Balaban J connectivity index is 1.53. The third-order valence-corrected chi connectivity index (χ3v) is 7.64. The van der Waals surface area contributed by atoms with Gasteiger partial charge in [0.2, 0.25) is 0 Å². The van der Waals surface area contributed by atoms with E-state index in [1.54, 1.807) is 6.07 Å². The molecule has 3 heteroatoms. The topological polar surface area (TPSA) is 49.5 Å². The Morgan fingerprint density at radius 2 is 1.35 bits per heavy atom. The molecule has 1 saturated heterocycles. The second-order valence-electron chi connectivity index (χ2n) is 9.88. The van der Waals surface area contributed by atoms with E-state index in [0.29, 0.717) is 11.7 Å². The second kappa shape index (κ2) is 11.5. The summed E-state index contributed by atoms with van der Waals surface area (Å²) in [5.74, 6) is 0.958. The number of hydrogen-bond donors (Lipinski definition) is 2. The van der Waals surface area contributed by atoms with Gasteiger partial charge in [0.15, 0.2) is 0 Å². The Bertz CT molecular complexity index is 1330. The van der Waals surface area contributed by atoms with Crippen LogP contribution in [0.4, 0.5) is 5.69 Å². The Morgan fingerprint density at radius 1 is 0.757 bits per heavy atom. The summed E-state index contributed by atoms with van der Waals surface area (Å²) in [5, 5.41) is 10.3. The molecule has 3 N–H and O–H groups in total. The number of phenols is 1. The zero-order valence-electron chi connectivity index (χ0n) is 21.6. The zero-order chi connectivity index (χ0) is 25.6. The van der Waals surface area contributed by atoms with Gasteiger partial charge in [0.25, 0.3) is 0 Å². The molecule has 0 amide bonds. The standard InChI is InChI=1S/C34H36N2O/c1-2-31(26-8-4-3-5-9-26)34(28-14-12-27(13-15-28)32-10-6-7-11-33(32)37)29-16-18-30(19-17-29)36-22-20-25(24-35)21-23-36/h3-19,25,37H,2,20-24,35H2,1H3. The lowest BCUT2D eigenvalue weighted by Gasteiger charge is -2.33. The van der Waals surface area contributed by atoms with Crippen LogP contribution in [0.2, 0.25) is 0 Å². The molecule has 0 bridgehead atoms. The number of anilines is 1. The first-order valence-electron chi connectivity index (χ1n) is 13.4. The van der Waals surface area contributed by atoms with Gasteiger partial charge in [-0.2, -0.15) is 0 Å². The van der Waals surface area contributed by atoms with Gasteiger partial charge in [-0.15, -0.1) is 0 Å². The van der Waals surface area contributed by atoms with Gasteiger partial charge in [0, 0.05) is 24.3 Å². The van der Waals surface area contributed by atoms with Gasteiger partial charge >= 0.3 is 0 Å². The maximum Gasteiger partial charge on any atom is 0.123 e. The smallest absolute Gasteiger partial charge is 0.123 e. The molecule has 188 valence electrons. The van der Waals surface area contributed by atoms with Crippen molar-refractivity contribution in [1.82, 2.24) is 0 Å². The van der Waals surface area contributed by atoms with Crippen molar-refractivity contribution in [1.29, 1.82) is 0 Å². The summed E-state index contributed by atoms with van der Waals surface area (Å²) in [6.07, 6.45) is 3.26. The van der Waals surface area contributed by atoms with Crippen LogP contribution < -0.4 is 10.6 Å². The van der Waals surface area contributed by atoms with E-state index < -0.39 is 0 Å². The minimum Gasteiger partial charge on any atom is -0.507 e. The number of nitrogens with two attached hydrogens (primary N) is 1. The fourth-order valence-electron chi connectivity index (χ4n) is 5.48. The molecule has 0 radical (unpaired) electrons. The molecule has 0 saturated carbocycles. The molecule has 0 aliphatic carbocycles. The van der Waals surface area contributed by atoms with Crippen molar-refractivity contribution in [2.45, 2.75) is 26.2 Å². The summed E-state index contributed by atoms with van der Waals surface area (Å²) in [7, 11) is 0. The fourth-order valence-corrected chi connectivity index (χ4v) is 5.48. The van der Waals surface area contributed by atoms with Gasteiger partial charge in [0.05, 0.1) is 0 Å². The molecule has 1 fully saturated rings. The van der Waals surface area contributed by atoms with Gasteiger partial charge in [-0.1, -0.05) is 91.9 Å². The quantitative estimate of drug-likeness (QED) is 0.263. The van der Waals surface area contributed by atoms with E-state index in [0.717, 1.165) is 37.2 Å². The lowest BCUT2D eigenvalue weighted by Crippen LogP contribution is -2.36. The number of piperidine rings is 1. The van der Waals surface area contributed by atoms with Crippen molar-refractivity contribution < 1.29 is 5.11 Å². The van der Waals surface area contributed by atoms with Gasteiger partial charge in [-0.25, -0.2) is 0 Å². The van der Waals surface area contributed by atoms with E-state index in [1.165, 1.54) is 46.4 Å². The number of hydrogen-bond acceptors (Lipinski definition) is 3. The van der Waals surface area contributed by atoms with Crippen molar-refractivity contribution in [3.05, 3.63) is 120 Å². The highest BCUT2D eigenvalue weighted by atomic mass is 16.3. The van der Waals surface area contributed by atoms with Gasteiger partial charge < -0.3 is 15.7 Å². The monoisotopic (exact) mass is 488 g/mol. The van der Waals surface area contributed by atoms with Crippen LogP contribution in [-0.2, 0) is 0 Å². The third-order valence-electron chi connectivity index (χ3n) is 7.64. The van der Waals surface area contributed by atoms with E-state index in [9.17, 15) is 5.11 Å². The third kappa shape index (κ3) is 5.47. The molecule has 0 atom stereocenters. The predicted octanol–water partition coefficient (Wildman–Crippen LogP) is 7.60. The van der Waals surface area contributed by atoms with E-state index in [-0.39, 0.29) is 0 Å². The van der Waals surface area contributed by atoms with Crippen LogP contribution in [0.3, 0.4) is 0 Å². The number of para-hydroxylation sites is 1. The highest BCUT2D eigenvalue weighted by molar-refractivity contribution is 5.99. The van der Waals surface area contributed by atoms with Crippen LogP contribution >= 0.6 is 0 Å². The molecule has 0 spiro atoms. The average molecular weight is 489 g/mol. The first-order valence-corrected chi connectivity index (χ1v) is 13.4. The average Bonchev–Trinajstić information content (AvgIpc) is 2.97. The van der Waals surface area contributed by atoms with Crippen molar-refractivity contribution in [3.8, 4) is 16.9 Å². The Morgan fingerprint density at radius 3 is 1.95 bits per heavy atom. The summed E-state index contributed by atoms with van der Waals surface area (Å²) in [5.41, 5.74) is 15.3. The van der Waals surface area contributed by atoms with Crippen LogP contribution in [0.25, 0.3) is 22.3 Å². The summed E-state index contributed by atoms with van der Waals surface area (Å²) in [4.78, 5) is 2.48. The Labute approximate surface area is 220 Å². The molecular formula is C34H36N2O. The lowest BCUT2D eigenvalue weighted by molar-refractivity contribution is 0.414. The molecule has 1 aliphatic heterocycles. The van der Waals surface area contributed by atoms with Crippen molar-refractivity contribution in [2.75, 3.05) is 24.5 Å². The van der Waals surface area contributed by atoms with Gasteiger partial charge in [-0.3, -0.25) is 0 Å². The van der Waals surface area contributed by atoms with Crippen LogP contribution in [0.1, 0.15) is 42.9 Å². The number of rotatable bonds is 7. The van der Waals surface area contributed by atoms with E-state index in [1.807, 2.05) is 18.2 Å². The largest absolute Gasteiger partial charge is 0.507 e. The van der Waals surface area contributed by atoms with Crippen LogP contribution in [0.5, 0.6) is 5.75 Å². The molecule has 1 heterocycles. The molecule has 0 aromatic heterocycles. The molecule has 1 aliphatic rings. The Hall–Kier alpha value is -3.82. The van der Waals surface area contributed by atoms with Crippen molar-refractivity contribution in [2.24, 2.45) is 11.7 Å². The fraction of sp³-hybridized carbons (Fsp3) is 0.235. The molecular weight excluding hydrogens is 452 g/mol. The SMILES string of the molecule is CCC(=C(c1ccc(-c2ccccc2O)cc1)c1ccc(N2CCC(CN)CC2)cc1)c1ccccc1. The number of nitrogens with zero attached hydrogens (tertiary/aromatic N) is 1. The van der Waals surface area contributed by atoms with Crippen molar-refractivity contribution in [3.63, 3.8) is 0 Å². The molecule has 0 unspecified atom stereocenters. The predicted molar refractivity (Wildman–Crippen MR) is 157 cm³/mol. The van der Waals surface area contributed by atoms with E-state index in [4.69, 9.17) is 5.73 Å². The van der Waals surface area contributed by atoms with Crippen LogP contribution in [0, 0.1) is 5.92 Å². The molecule has 37 heavy (non-hydrogen) atoms. The molecule has 4 aromatic carbocycles. The maximum atomic E-state index is 10.3. The van der Waals surface area contributed by atoms with E-state index in [2.05, 4.69) is 90.7 Å². The summed E-state index contributed by atoms with van der Waals surface area (Å²) in [6, 6.07) is 35.9. The number of phenolic OH excluding ortho intramolecular Hbond substituents is 1. The lowest BCUT2D eigenvalue weighted by atomic mass is 9.87. The number of aromatic hydroxyl groups is 1. The summed E-state index contributed by atoms with van der Waals surface area (Å²) >= 11 is 0. The molecule has 5 rings (SSSR count). The minimum atomic E-state index is 0.302. The second-order valence-corrected chi connectivity index (χ2v) is 9.88. The molecule has 3 nitrogen and oxygen atoms in total. The maximum absolute atomic E-state index is 10.3. The highest BCUT2D eigenvalue weighted by Crippen LogP contribution is 2.37. The van der Waals surface area contributed by atoms with Crippen LogP contribution in [-0.4, -0.2) is 24.7 Å². The normalized spacial score (nSPS) is 14.9. The molecule has 4 aromatic rings. The van der Waals surface area contributed by atoms with E-state index >= 15 is 0 Å². The van der Waals surface area contributed by atoms with Gasteiger partial charge in [0.1, 0.15) is 5.75 Å². The Kier molecular flexibility index (Phi) is 7.72. The number of benzene rings is 4. The first-order chi connectivity index (χ1) is 18.2. The number of allylic oxidation sites excluding steroid dienone is 1. The minimum absolute atomic E-state index is 0.302. The first kappa shape index (κ1) is 24.9. The summed E-state index contributed by atoms with van der Waals surface area (Å²) < 4.78 is 0. The zero-order valence-corrected chi connectivity index (χ0v) is 21.6. The van der Waals surface area contributed by atoms with Crippen molar-refractivity contribution >= 4 is 16.8 Å². The summed E-state index contributed by atoms with van der Waals surface area (Å²) in [6.45, 7) is 5.17. The highest BCUT2D eigenvalue weighted by Gasteiger charge is 2.19. The van der Waals surface area contributed by atoms with Gasteiger partial charge in [-0.05, 0) is 83.3 Å². The van der Waals surface area contributed by atoms with Crippen LogP contribution in [0.15, 0.2) is 103 Å².